The van der Waals surface area contributed by atoms with E-state index in [1.165, 1.54) is 308 Å². The van der Waals surface area contributed by atoms with Gasteiger partial charge in [0.1, 0.15) is 37.0 Å². The van der Waals surface area contributed by atoms with Gasteiger partial charge in [-0.1, -0.05) is 377 Å². The van der Waals surface area contributed by atoms with Crippen LogP contribution in [-0.4, -0.2) is 37.0 Å². The van der Waals surface area contributed by atoms with Crippen LogP contribution in [0.4, 0.5) is 0 Å². The predicted octanol–water partition coefficient (Wildman–Crippen LogP) is 24.1. The summed E-state index contributed by atoms with van der Waals surface area (Å²) >= 11 is 0. The summed E-state index contributed by atoms with van der Waals surface area (Å²) in [5.41, 5.74) is 0. The molecule has 0 fully saturated rings. The Morgan fingerprint density at radius 3 is 0.275 bits per heavy atom. The fourth-order valence-electron chi connectivity index (χ4n) is 10.4. The third kappa shape index (κ3) is 135. The minimum absolute atomic E-state index is 0. The Morgan fingerprint density at radius 1 is 0.143 bits per heavy atom. The molecule has 0 spiro atoms. The zero-order valence-corrected chi connectivity index (χ0v) is 68.0. The molecular weight excluding hydrogens is 1340 g/mol. The fourth-order valence-corrected chi connectivity index (χ4v) is 13.3. The summed E-state index contributed by atoms with van der Waals surface area (Å²) in [7, 11) is -12.8. The van der Waals surface area contributed by atoms with Crippen LogP contribution < -0.4 is 29.4 Å². The average molecular weight is 1490 g/mol. The molecule has 0 aromatic rings. The number of rotatable bonds is 66. The van der Waals surface area contributed by atoms with E-state index in [-0.39, 0.29) is 21.1 Å². The van der Waals surface area contributed by atoms with Gasteiger partial charge < -0.3 is 29.4 Å². The first-order valence-corrected chi connectivity index (χ1v) is 46.5. The van der Waals surface area contributed by atoms with Crippen molar-refractivity contribution in [2.24, 2.45) is 0 Å². The van der Waals surface area contributed by atoms with E-state index in [0.29, 0.717) is 37.0 Å². The fraction of sp³-hybridized carbons (Fsp3) is 1.00. The van der Waals surface area contributed by atoms with Crippen LogP contribution in [0, 0.1) is 0 Å². The molecular formula is C72H150MoO12P6. The van der Waals surface area contributed by atoms with E-state index < -0.39 is 48.2 Å². The Labute approximate surface area is 586 Å². The summed E-state index contributed by atoms with van der Waals surface area (Å²) in [5, 5.41) is 0. The van der Waals surface area contributed by atoms with E-state index in [0.717, 1.165) is 77.0 Å². The van der Waals surface area contributed by atoms with Crippen LogP contribution in [0.3, 0.4) is 0 Å². The van der Waals surface area contributed by atoms with Gasteiger partial charge in [-0.3, -0.25) is 0 Å². The van der Waals surface area contributed by atoms with Gasteiger partial charge in [0.25, 0.3) is 0 Å². The minimum atomic E-state index is -2.14. The van der Waals surface area contributed by atoms with Gasteiger partial charge in [0, 0.05) is 21.1 Å². The molecule has 0 aromatic heterocycles. The van der Waals surface area contributed by atoms with Crippen LogP contribution >= 0.6 is 48.2 Å². The minimum Gasteiger partial charge on any atom is -0.596 e. The Hall–Kier alpha value is 1.05. The molecule has 0 heterocycles. The number of hydrogen-bond acceptors (Lipinski definition) is 12. The Balaban J connectivity index is -0.000000186. The quantitative estimate of drug-likeness (QED) is 0.0314. The van der Waals surface area contributed by atoms with Gasteiger partial charge in [-0.2, -0.15) is 0 Å². The SMILES string of the molecule is CCCCCCCCCCCC[P+](=O)[O-].CCCCCCCCCCCC[P+](=O)[O-].CCCCCCCCCCCC[P+](=O)[O-].CCCCCCCCCCCC[P+](=O)[O-].CCCCCCCCCCCC[P+](=O)[O-].CCCCCCCCCCCC[P+](=O)[O-].[Mo]. The largest absolute Gasteiger partial charge is 0.596 e. The summed E-state index contributed by atoms with van der Waals surface area (Å²) < 4.78 is 61.6. The first-order chi connectivity index (χ1) is 43.6. The molecule has 0 aliphatic rings. The van der Waals surface area contributed by atoms with Crippen LogP contribution in [0.2, 0.25) is 0 Å². The second-order valence-corrected chi connectivity index (χ2v) is 32.1. The van der Waals surface area contributed by atoms with Crippen LogP contribution in [-0.2, 0) is 48.5 Å². The van der Waals surface area contributed by atoms with Crippen LogP contribution in [0.5, 0.6) is 0 Å². The summed E-state index contributed by atoms with van der Waals surface area (Å²) in [5.74, 6) is 0. The van der Waals surface area contributed by atoms with Gasteiger partial charge in [-0.25, -0.2) is 0 Å². The van der Waals surface area contributed by atoms with Gasteiger partial charge in [-0.05, 0) is 77.0 Å². The van der Waals surface area contributed by atoms with Crippen molar-refractivity contribution in [1.82, 2.24) is 0 Å². The van der Waals surface area contributed by atoms with Crippen molar-refractivity contribution in [3.8, 4) is 0 Å². The molecule has 0 aliphatic heterocycles. The Morgan fingerprint density at radius 2 is 0.209 bits per heavy atom. The second kappa shape index (κ2) is 102. The Bertz CT molecular complexity index is 1160. The van der Waals surface area contributed by atoms with Crippen LogP contribution in [0.25, 0.3) is 0 Å². The molecule has 0 aliphatic carbocycles. The van der Waals surface area contributed by atoms with Crippen molar-refractivity contribution in [3.05, 3.63) is 0 Å². The summed E-state index contributed by atoms with van der Waals surface area (Å²) in [6.45, 7) is 13.4. The van der Waals surface area contributed by atoms with Crippen molar-refractivity contribution in [2.45, 2.75) is 427 Å². The predicted molar refractivity (Wildman–Crippen MR) is 386 cm³/mol. The van der Waals surface area contributed by atoms with E-state index in [4.69, 9.17) is 0 Å². The number of unbranched alkanes of at least 4 members (excludes halogenated alkanes) is 54. The first kappa shape index (κ1) is 105. The van der Waals surface area contributed by atoms with Gasteiger partial charge in [0.2, 0.25) is 0 Å². The molecule has 0 amide bonds. The van der Waals surface area contributed by atoms with E-state index in [9.17, 15) is 56.8 Å². The molecule has 546 valence electrons. The Kier molecular flexibility index (Phi) is 118. The molecule has 0 saturated carbocycles. The first-order valence-electron chi connectivity index (χ1n) is 38.3. The molecule has 91 heavy (non-hydrogen) atoms. The van der Waals surface area contributed by atoms with Crippen molar-refractivity contribution in [2.75, 3.05) is 37.0 Å². The van der Waals surface area contributed by atoms with E-state index >= 15 is 0 Å². The third-order valence-corrected chi connectivity index (χ3v) is 20.3. The molecule has 12 nitrogen and oxygen atoms in total. The van der Waals surface area contributed by atoms with Crippen molar-refractivity contribution >= 4 is 48.2 Å². The molecule has 6 unspecified atom stereocenters. The summed E-state index contributed by atoms with van der Waals surface area (Å²) in [4.78, 5) is 61.6. The zero-order valence-electron chi connectivity index (χ0n) is 60.7. The van der Waals surface area contributed by atoms with Gasteiger partial charge in [0.15, 0.2) is 0 Å². The van der Waals surface area contributed by atoms with Gasteiger partial charge >= 0.3 is 48.2 Å². The molecule has 0 radical (unpaired) electrons. The van der Waals surface area contributed by atoms with E-state index in [1.54, 1.807) is 0 Å². The van der Waals surface area contributed by atoms with E-state index in [1.807, 2.05) is 0 Å². The second-order valence-electron chi connectivity index (χ2n) is 25.4. The molecule has 0 rings (SSSR count). The third-order valence-electron chi connectivity index (χ3n) is 16.2. The monoisotopic (exact) mass is 1490 g/mol. The summed E-state index contributed by atoms with van der Waals surface area (Å²) in [6.07, 6.45) is 77.6. The van der Waals surface area contributed by atoms with Gasteiger partial charge in [-0.15, -0.1) is 0 Å². The van der Waals surface area contributed by atoms with Crippen LogP contribution in [0.15, 0.2) is 0 Å². The zero-order chi connectivity index (χ0) is 68.1. The topological polar surface area (TPSA) is 241 Å². The molecule has 19 heteroatoms. The van der Waals surface area contributed by atoms with Crippen LogP contribution in [0.1, 0.15) is 427 Å². The normalized spacial score (nSPS) is 11.6. The smallest absolute Gasteiger partial charge is 0.308 e. The molecule has 0 saturated heterocycles. The summed E-state index contributed by atoms with van der Waals surface area (Å²) in [6, 6.07) is 0. The maximum Gasteiger partial charge on any atom is 0.308 e. The standard InChI is InChI=1S/6C12H25O2P.Mo/c6*1-2-3-4-5-6-7-8-9-10-11-12-15(13)14;/h6*2-12H2,1H3;. The maximum atomic E-state index is 10.3. The van der Waals surface area contributed by atoms with Gasteiger partial charge in [0.05, 0.1) is 0 Å². The van der Waals surface area contributed by atoms with E-state index in [2.05, 4.69) is 41.5 Å². The van der Waals surface area contributed by atoms with Crippen molar-refractivity contribution in [3.63, 3.8) is 0 Å². The van der Waals surface area contributed by atoms with Crippen molar-refractivity contribution in [1.29, 1.82) is 0 Å². The molecule has 0 N–H and O–H groups in total. The molecule has 0 aromatic carbocycles. The average Bonchev–Trinajstić information content (AvgIpc) is 3.50. The molecule has 0 bridgehead atoms. The van der Waals surface area contributed by atoms with Crippen molar-refractivity contribution < 1.29 is 77.8 Å². The number of hydrogen-bond donors (Lipinski definition) is 0. The maximum absolute atomic E-state index is 10.3. The molecule has 6 atom stereocenters.